The third kappa shape index (κ3) is 2.66. The van der Waals surface area contributed by atoms with Gasteiger partial charge in [0, 0.05) is 25.4 Å². The fourth-order valence-electron chi connectivity index (χ4n) is 3.52. The van der Waals surface area contributed by atoms with Gasteiger partial charge in [0.25, 0.3) is 0 Å². The van der Waals surface area contributed by atoms with Crippen molar-refractivity contribution in [2.45, 2.75) is 39.7 Å². The summed E-state index contributed by atoms with van der Waals surface area (Å²) in [5.41, 5.74) is 1.48. The normalized spacial score (nSPS) is 18.7. The zero-order valence-electron chi connectivity index (χ0n) is 15.9. The molecular weight excluding hydrogens is 348 g/mol. The highest BCUT2D eigenvalue weighted by Crippen LogP contribution is 2.41. The monoisotopic (exact) mass is 370 g/mol. The Balaban J connectivity index is 1.57. The fraction of sp³-hybridized carbons (Fsp3) is 0.647. The van der Waals surface area contributed by atoms with E-state index in [1.54, 1.807) is 11.6 Å². The maximum atomic E-state index is 5.48. The number of ether oxygens (including phenoxy) is 1. The molecule has 142 valence electrons. The van der Waals surface area contributed by atoms with Crippen molar-refractivity contribution in [1.29, 1.82) is 0 Å². The molecular formula is C17H22N8O2. The van der Waals surface area contributed by atoms with Crippen molar-refractivity contribution < 1.29 is 9.15 Å². The second-order valence-electron chi connectivity index (χ2n) is 8.60. The average molecular weight is 370 g/mol. The maximum absolute atomic E-state index is 5.48. The molecule has 5 heterocycles. The van der Waals surface area contributed by atoms with E-state index in [4.69, 9.17) is 19.1 Å². The molecule has 0 aliphatic carbocycles. The lowest BCUT2D eigenvalue weighted by molar-refractivity contribution is -0.127. The topological polar surface area (TPSA) is 108 Å². The van der Waals surface area contributed by atoms with Gasteiger partial charge in [-0.3, -0.25) is 0 Å². The second kappa shape index (κ2) is 5.44. The smallest absolute Gasteiger partial charge is 0.238 e. The van der Waals surface area contributed by atoms with Crippen molar-refractivity contribution >= 4 is 17.0 Å². The molecule has 0 aromatic carbocycles. The van der Waals surface area contributed by atoms with Crippen LogP contribution in [0.2, 0.25) is 0 Å². The van der Waals surface area contributed by atoms with E-state index in [9.17, 15) is 0 Å². The zero-order chi connectivity index (χ0) is 18.8. The minimum atomic E-state index is -0.193. The zero-order valence-corrected chi connectivity index (χ0v) is 15.9. The molecule has 1 spiro atoms. The van der Waals surface area contributed by atoms with Gasteiger partial charge >= 0.3 is 0 Å². The third-order valence-corrected chi connectivity index (χ3v) is 5.04. The summed E-state index contributed by atoms with van der Waals surface area (Å²) in [4.78, 5) is 11.9. The Morgan fingerprint density at radius 2 is 1.85 bits per heavy atom. The Morgan fingerprint density at radius 3 is 2.44 bits per heavy atom. The van der Waals surface area contributed by atoms with Crippen LogP contribution in [0.5, 0.6) is 0 Å². The van der Waals surface area contributed by atoms with Gasteiger partial charge in [-0.15, -0.1) is 15.3 Å². The number of anilines is 1. The maximum Gasteiger partial charge on any atom is 0.238 e. The second-order valence-corrected chi connectivity index (χ2v) is 8.60. The van der Waals surface area contributed by atoms with Crippen molar-refractivity contribution in [3.05, 3.63) is 17.6 Å². The number of aryl methyl sites for hydroxylation is 1. The van der Waals surface area contributed by atoms with Crippen molar-refractivity contribution in [2.75, 3.05) is 31.2 Å². The molecule has 2 aliphatic rings. The van der Waals surface area contributed by atoms with Crippen LogP contribution in [0.25, 0.3) is 11.2 Å². The Hall–Kier alpha value is -2.62. The van der Waals surface area contributed by atoms with Crippen LogP contribution in [0.3, 0.4) is 0 Å². The standard InChI is InChI=1S/C17H22N8O2/c1-10-20-21-11(27-10)5-25-14-12(22-23-25)13(18-15(19-14)16(2,3)4)24-6-17(7-24)8-26-9-17/h5-9H2,1-4H3. The summed E-state index contributed by atoms with van der Waals surface area (Å²) in [7, 11) is 0. The molecule has 27 heavy (non-hydrogen) atoms. The number of rotatable bonds is 3. The van der Waals surface area contributed by atoms with E-state index in [1.807, 2.05) is 0 Å². The van der Waals surface area contributed by atoms with Crippen molar-refractivity contribution in [3.8, 4) is 0 Å². The third-order valence-electron chi connectivity index (χ3n) is 5.04. The van der Waals surface area contributed by atoms with Crippen molar-refractivity contribution in [2.24, 2.45) is 5.41 Å². The lowest BCUT2D eigenvalue weighted by atomic mass is 9.78. The van der Waals surface area contributed by atoms with E-state index >= 15 is 0 Å². The number of hydrogen-bond acceptors (Lipinski definition) is 9. The average Bonchev–Trinajstić information content (AvgIpc) is 3.10. The number of hydrogen-bond donors (Lipinski definition) is 0. The first-order valence-electron chi connectivity index (χ1n) is 9.06. The van der Waals surface area contributed by atoms with Crippen LogP contribution in [0.4, 0.5) is 5.82 Å². The summed E-state index contributed by atoms with van der Waals surface area (Å²) in [6.07, 6.45) is 0. The van der Waals surface area contributed by atoms with Crippen LogP contribution < -0.4 is 4.90 Å². The molecule has 0 atom stereocenters. The summed E-state index contributed by atoms with van der Waals surface area (Å²) >= 11 is 0. The van der Waals surface area contributed by atoms with Gasteiger partial charge in [-0.1, -0.05) is 26.0 Å². The summed E-state index contributed by atoms with van der Waals surface area (Å²) < 4.78 is 12.6. The molecule has 0 unspecified atom stereocenters. The van der Waals surface area contributed by atoms with E-state index in [0.29, 0.717) is 29.5 Å². The minimum absolute atomic E-state index is 0.193. The Kier molecular flexibility index (Phi) is 3.34. The van der Waals surface area contributed by atoms with Gasteiger partial charge in [0.05, 0.1) is 18.6 Å². The van der Waals surface area contributed by atoms with Crippen LogP contribution in [-0.4, -0.2) is 61.5 Å². The number of nitrogens with zero attached hydrogens (tertiary/aromatic N) is 8. The van der Waals surface area contributed by atoms with E-state index in [0.717, 1.165) is 37.9 Å². The first-order valence-corrected chi connectivity index (χ1v) is 9.06. The molecule has 2 fully saturated rings. The van der Waals surface area contributed by atoms with E-state index < -0.39 is 0 Å². The van der Waals surface area contributed by atoms with Gasteiger partial charge in [0.15, 0.2) is 17.0 Å². The van der Waals surface area contributed by atoms with E-state index in [2.05, 4.69) is 46.2 Å². The predicted molar refractivity (Wildman–Crippen MR) is 95.4 cm³/mol. The predicted octanol–water partition coefficient (Wildman–Crippen LogP) is 1.10. The number of fused-ring (bicyclic) bond motifs is 1. The van der Waals surface area contributed by atoms with Gasteiger partial charge in [-0.2, -0.15) is 0 Å². The van der Waals surface area contributed by atoms with Crippen LogP contribution in [0, 0.1) is 12.3 Å². The van der Waals surface area contributed by atoms with Gasteiger partial charge in [-0.25, -0.2) is 14.6 Å². The molecule has 5 rings (SSSR count). The molecule has 2 aliphatic heterocycles. The molecule has 0 saturated carbocycles. The Bertz CT molecular complexity index is 1010. The lowest BCUT2D eigenvalue weighted by Crippen LogP contribution is -2.66. The fourth-order valence-corrected chi connectivity index (χ4v) is 3.52. The molecule has 0 N–H and O–H groups in total. The molecule has 10 heteroatoms. The lowest BCUT2D eigenvalue weighted by Gasteiger charge is -2.55. The summed E-state index contributed by atoms with van der Waals surface area (Å²) in [5, 5.41) is 16.6. The van der Waals surface area contributed by atoms with Gasteiger partial charge in [-0.05, 0) is 0 Å². The molecule has 3 aromatic heterocycles. The molecule has 0 amide bonds. The highest BCUT2D eigenvalue weighted by atomic mass is 16.5. The molecule has 0 radical (unpaired) electrons. The van der Waals surface area contributed by atoms with Gasteiger partial charge in [0.2, 0.25) is 11.8 Å². The summed E-state index contributed by atoms with van der Waals surface area (Å²) in [6.45, 7) is 11.9. The quantitative estimate of drug-likeness (QED) is 0.669. The molecule has 10 nitrogen and oxygen atoms in total. The van der Waals surface area contributed by atoms with Crippen LogP contribution in [0.1, 0.15) is 38.4 Å². The molecule has 3 aromatic rings. The highest BCUT2D eigenvalue weighted by molar-refractivity contribution is 5.83. The summed E-state index contributed by atoms with van der Waals surface area (Å²) in [5.74, 6) is 2.61. The van der Waals surface area contributed by atoms with Crippen LogP contribution in [0.15, 0.2) is 4.42 Å². The van der Waals surface area contributed by atoms with E-state index in [1.165, 1.54) is 0 Å². The Morgan fingerprint density at radius 1 is 1.07 bits per heavy atom. The van der Waals surface area contributed by atoms with Crippen LogP contribution >= 0.6 is 0 Å². The minimum Gasteiger partial charge on any atom is -0.424 e. The first-order chi connectivity index (χ1) is 12.8. The Labute approximate surface area is 155 Å². The molecule has 0 bridgehead atoms. The molecule has 2 saturated heterocycles. The SMILES string of the molecule is Cc1nnc(Cn2nnc3c(N4CC5(COC5)C4)nc(C(C)(C)C)nc32)o1. The van der Waals surface area contributed by atoms with E-state index in [-0.39, 0.29) is 10.8 Å². The van der Waals surface area contributed by atoms with Crippen molar-refractivity contribution in [1.82, 2.24) is 35.2 Å². The largest absolute Gasteiger partial charge is 0.424 e. The number of aromatic nitrogens is 7. The first kappa shape index (κ1) is 16.5. The highest BCUT2D eigenvalue weighted by Gasteiger charge is 2.50. The van der Waals surface area contributed by atoms with Gasteiger partial charge < -0.3 is 14.1 Å². The van der Waals surface area contributed by atoms with Crippen molar-refractivity contribution in [3.63, 3.8) is 0 Å². The van der Waals surface area contributed by atoms with Gasteiger partial charge in [0.1, 0.15) is 12.4 Å². The van der Waals surface area contributed by atoms with Crippen LogP contribution in [-0.2, 0) is 16.7 Å². The summed E-state index contributed by atoms with van der Waals surface area (Å²) in [6, 6.07) is 0.